The molecule has 0 fully saturated rings. The number of hydrogen-bond donors (Lipinski definition) is 4. The van der Waals surface area contributed by atoms with Crippen molar-refractivity contribution in [2.45, 2.75) is 84.5 Å². The normalized spacial score (nSPS) is 13.0. The van der Waals surface area contributed by atoms with E-state index < -0.39 is 47.0 Å². The summed E-state index contributed by atoms with van der Waals surface area (Å²) in [6.45, 7) is 12.0. The van der Waals surface area contributed by atoms with Crippen molar-refractivity contribution in [2.24, 2.45) is 5.73 Å². The van der Waals surface area contributed by atoms with Gasteiger partial charge < -0.3 is 35.8 Å². The van der Waals surface area contributed by atoms with E-state index in [4.69, 9.17) is 15.2 Å². The number of phenolic OH excluding ortho intramolecular Hbond substituents is 1. The molecule has 2 atom stereocenters. The Labute approximate surface area is 241 Å². The molecule has 0 radical (unpaired) electrons. The summed E-state index contributed by atoms with van der Waals surface area (Å²) in [5.41, 5.74) is 4.98. The van der Waals surface area contributed by atoms with E-state index in [0.29, 0.717) is 22.6 Å². The molecule has 0 saturated carbocycles. The highest BCUT2D eigenvalue weighted by Crippen LogP contribution is 2.33. The second kappa shape index (κ2) is 13.4. The van der Waals surface area contributed by atoms with Crippen molar-refractivity contribution in [3.05, 3.63) is 53.6 Å². The SMILES string of the molecule is COc1ccc(NC(=O)C(c2ccc(O)c(C)c2)N(C(=O)C(CCC(N)=O)NC(=O)OC(C)(C)C)C(C)(C)C)cc1. The summed E-state index contributed by atoms with van der Waals surface area (Å²) in [5, 5.41) is 15.6. The molecular weight excluding hydrogens is 528 g/mol. The molecule has 5 N–H and O–H groups in total. The molecule has 0 saturated heterocycles. The van der Waals surface area contributed by atoms with Gasteiger partial charge in [-0.15, -0.1) is 0 Å². The monoisotopic (exact) mass is 570 g/mol. The Hall–Kier alpha value is -4.28. The molecule has 2 unspecified atom stereocenters. The number of phenols is 1. The molecule has 0 heterocycles. The van der Waals surface area contributed by atoms with Crippen LogP contribution in [0.4, 0.5) is 10.5 Å². The van der Waals surface area contributed by atoms with Crippen molar-refractivity contribution in [1.82, 2.24) is 10.2 Å². The van der Waals surface area contributed by atoms with Crippen LogP contribution >= 0.6 is 0 Å². The number of amides is 4. The van der Waals surface area contributed by atoms with Crippen LogP contribution in [0.25, 0.3) is 0 Å². The van der Waals surface area contributed by atoms with Crippen molar-refractivity contribution in [2.75, 3.05) is 12.4 Å². The minimum atomic E-state index is -1.23. The first kappa shape index (κ1) is 32.9. The van der Waals surface area contributed by atoms with Gasteiger partial charge in [0.1, 0.15) is 29.2 Å². The summed E-state index contributed by atoms with van der Waals surface area (Å²) >= 11 is 0. The highest BCUT2D eigenvalue weighted by Gasteiger charge is 2.42. The van der Waals surface area contributed by atoms with Crippen molar-refractivity contribution < 1.29 is 33.8 Å². The van der Waals surface area contributed by atoms with Crippen LogP contribution in [0.5, 0.6) is 11.5 Å². The standard InChI is InChI=1S/C30H42N4O7/c1-18-17-19(9-15-23(18)35)25(26(37)32-20-10-12-21(40-8)13-11-20)34(29(2,3)4)27(38)22(14-16-24(31)36)33-28(39)41-30(5,6)7/h9-13,15,17,22,25,35H,14,16H2,1-8H3,(H2,31,36)(H,32,37)(H,33,39). The topological polar surface area (TPSA) is 160 Å². The number of alkyl carbamates (subject to hydrolysis) is 1. The number of primary amides is 1. The lowest BCUT2D eigenvalue weighted by Crippen LogP contribution is -2.58. The molecule has 0 aliphatic carbocycles. The zero-order chi connectivity index (χ0) is 31.1. The van der Waals surface area contributed by atoms with Crippen LogP contribution in [0.3, 0.4) is 0 Å². The molecule has 2 aromatic carbocycles. The van der Waals surface area contributed by atoms with Gasteiger partial charge in [0.2, 0.25) is 11.8 Å². The molecule has 11 nitrogen and oxygen atoms in total. The fourth-order valence-corrected chi connectivity index (χ4v) is 4.16. The van der Waals surface area contributed by atoms with Crippen LogP contribution in [0.1, 0.15) is 71.6 Å². The lowest BCUT2D eigenvalue weighted by molar-refractivity contribution is -0.147. The maximum Gasteiger partial charge on any atom is 0.408 e. The Bertz CT molecular complexity index is 1250. The van der Waals surface area contributed by atoms with Gasteiger partial charge in [-0.1, -0.05) is 6.07 Å². The zero-order valence-corrected chi connectivity index (χ0v) is 25.0. The number of nitrogens with one attached hydrogen (secondary N) is 2. The van der Waals surface area contributed by atoms with Crippen molar-refractivity contribution in [1.29, 1.82) is 0 Å². The van der Waals surface area contributed by atoms with Gasteiger partial charge in [0.15, 0.2) is 0 Å². The number of aryl methyl sites for hydroxylation is 1. The van der Waals surface area contributed by atoms with Crippen molar-refractivity contribution in [3.8, 4) is 11.5 Å². The van der Waals surface area contributed by atoms with E-state index in [1.807, 2.05) is 0 Å². The molecule has 2 aromatic rings. The third-order valence-corrected chi connectivity index (χ3v) is 6.03. The van der Waals surface area contributed by atoms with Gasteiger partial charge in [-0.25, -0.2) is 4.79 Å². The number of carbonyl (C=O) groups excluding carboxylic acids is 4. The van der Waals surface area contributed by atoms with Gasteiger partial charge in [-0.05, 0) is 102 Å². The fraction of sp³-hybridized carbons (Fsp3) is 0.467. The number of hydrogen-bond acceptors (Lipinski definition) is 7. The van der Waals surface area contributed by atoms with E-state index in [2.05, 4.69) is 10.6 Å². The van der Waals surface area contributed by atoms with Gasteiger partial charge in [-0.3, -0.25) is 14.4 Å². The number of methoxy groups -OCH3 is 1. The van der Waals surface area contributed by atoms with Crippen LogP contribution < -0.4 is 21.1 Å². The fourth-order valence-electron chi connectivity index (χ4n) is 4.16. The van der Waals surface area contributed by atoms with Crippen LogP contribution in [0.2, 0.25) is 0 Å². The van der Waals surface area contributed by atoms with E-state index in [-0.39, 0.29) is 18.6 Å². The van der Waals surface area contributed by atoms with Crippen LogP contribution in [0, 0.1) is 6.92 Å². The Morgan fingerprint density at radius 3 is 2.10 bits per heavy atom. The lowest BCUT2D eigenvalue weighted by atomic mass is 9.93. The predicted molar refractivity (Wildman–Crippen MR) is 155 cm³/mol. The third-order valence-electron chi connectivity index (χ3n) is 6.03. The summed E-state index contributed by atoms with van der Waals surface area (Å²) in [5.74, 6) is -1.17. The Morgan fingerprint density at radius 1 is 1.00 bits per heavy atom. The van der Waals surface area contributed by atoms with Gasteiger partial charge in [0.05, 0.1) is 7.11 Å². The van der Waals surface area contributed by atoms with Gasteiger partial charge in [-0.2, -0.15) is 0 Å². The van der Waals surface area contributed by atoms with E-state index in [9.17, 15) is 24.3 Å². The van der Waals surface area contributed by atoms with Crippen LogP contribution in [0.15, 0.2) is 42.5 Å². The summed E-state index contributed by atoms with van der Waals surface area (Å²) in [4.78, 5) is 53.9. The van der Waals surface area contributed by atoms with Crippen LogP contribution in [-0.2, 0) is 19.1 Å². The quantitative estimate of drug-likeness (QED) is 0.333. The molecule has 41 heavy (non-hydrogen) atoms. The highest BCUT2D eigenvalue weighted by molar-refractivity contribution is 5.99. The molecule has 11 heteroatoms. The van der Waals surface area contributed by atoms with E-state index in [0.717, 1.165) is 0 Å². The number of nitrogens with zero attached hydrogens (tertiary/aromatic N) is 1. The minimum absolute atomic E-state index is 0.0302. The second-order valence-corrected chi connectivity index (χ2v) is 11.7. The summed E-state index contributed by atoms with van der Waals surface area (Å²) < 4.78 is 10.5. The molecular formula is C30H42N4O7. The maximum absolute atomic E-state index is 14.3. The number of benzene rings is 2. The van der Waals surface area contributed by atoms with Crippen molar-refractivity contribution >= 4 is 29.5 Å². The number of carbonyl (C=O) groups is 4. The molecule has 224 valence electrons. The number of rotatable bonds is 10. The number of aromatic hydroxyl groups is 1. The number of anilines is 1. The molecule has 0 bridgehead atoms. The molecule has 0 aliphatic rings. The minimum Gasteiger partial charge on any atom is -0.508 e. The summed E-state index contributed by atoms with van der Waals surface area (Å²) in [6.07, 6.45) is -1.15. The molecule has 0 aromatic heterocycles. The Balaban J connectivity index is 2.61. The van der Waals surface area contributed by atoms with Gasteiger partial charge in [0.25, 0.3) is 5.91 Å². The second-order valence-electron chi connectivity index (χ2n) is 11.7. The van der Waals surface area contributed by atoms with E-state index in [1.54, 1.807) is 84.9 Å². The molecule has 0 aliphatic heterocycles. The molecule has 4 amide bonds. The maximum atomic E-state index is 14.3. The van der Waals surface area contributed by atoms with Crippen LogP contribution in [-0.4, -0.2) is 58.1 Å². The summed E-state index contributed by atoms with van der Waals surface area (Å²) in [7, 11) is 1.53. The average molecular weight is 571 g/mol. The first-order chi connectivity index (χ1) is 18.9. The van der Waals surface area contributed by atoms with Gasteiger partial charge >= 0.3 is 6.09 Å². The summed E-state index contributed by atoms with van der Waals surface area (Å²) in [6, 6.07) is 8.92. The number of ether oxygens (including phenoxy) is 2. The Morgan fingerprint density at radius 2 is 1.61 bits per heavy atom. The average Bonchev–Trinajstić information content (AvgIpc) is 2.84. The lowest BCUT2D eigenvalue weighted by Gasteiger charge is -2.43. The highest BCUT2D eigenvalue weighted by atomic mass is 16.6. The Kier molecular flexibility index (Phi) is 10.7. The van der Waals surface area contributed by atoms with Gasteiger partial charge in [0, 0.05) is 17.6 Å². The van der Waals surface area contributed by atoms with Crippen molar-refractivity contribution in [3.63, 3.8) is 0 Å². The number of nitrogens with two attached hydrogens (primary N) is 1. The van der Waals surface area contributed by atoms with E-state index >= 15 is 0 Å². The predicted octanol–water partition coefficient (Wildman–Crippen LogP) is 4.17. The molecule has 2 rings (SSSR count). The van der Waals surface area contributed by atoms with E-state index in [1.165, 1.54) is 18.1 Å². The smallest absolute Gasteiger partial charge is 0.408 e. The first-order valence-electron chi connectivity index (χ1n) is 13.3. The first-order valence-corrected chi connectivity index (χ1v) is 13.3. The zero-order valence-electron chi connectivity index (χ0n) is 25.0. The molecule has 0 spiro atoms. The largest absolute Gasteiger partial charge is 0.508 e. The third kappa shape index (κ3) is 9.70.